The molecule has 2 aromatic rings. The number of hydrogen-bond donors (Lipinski definition) is 2. The van der Waals surface area contributed by atoms with Gasteiger partial charge in [-0.15, -0.1) is 0 Å². The fraction of sp³-hybridized carbons (Fsp3) is 0.294. The Morgan fingerprint density at radius 2 is 1.74 bits per heavy atom. The molecule has 0 aromatic heterocycles. The number of hydrogen-bond acceptors (Lipinski definition) is 2. The molecule has 0 aliphatic heterocycles. The summed E-state index contributed by atoms with van der Waals surface area (Å²) in [5.41, 5.74) is 4.54. The van der Waals surface area contributed by atoms with Crippen LogP contribution in [0.5, 0.6) is 0 Å². The minimum absolute atomic E-state index is 0.0602. The first-order valence-electron chi connectivity index (χ1n) is 6.78. The molecule has 0 spiro atoms. The molecule has 1 unspecified atom stereocenters. The number of anilines is 1. The quantitative estimate of drug-likeness (QED) is 0.849. The van der Waals surface area contributed by atoms with Crippen molar-refractivity contribution in [2.45, 2.75) is 32.9 Å². The molecule has 2 N–H and O–H groups in total. The lowest BCUT2D eigenvalue weighted by molar-refractivity contribution is 0.282. The van der Waals surface area contributed by atoms with E-state index < -0.39 is 0 Å². The Kier molecular flexibility index (Phi) is 4.58. The van der Waals surface area contributed by atoms with Crippen LogP contribution < -0.4 is 5.32 Å². The van der Waals surface area contributed by atoms with Crippen molar-refractivity contribution < 1.29 is 5.11 Å². The van der Waals surface area contributed by atoms with E-state index in [4.69, 9.17) is 0 Å². The van der Waals surface area contributed by atoms with Crippen LogP contribution in [0, 0.1) is 0 Å². The van der Waals surface area contributed by atoms with Crippen LogP contribution in [0.1, 0.15) is 36.6 Å². The Hall–Kier alpha value is -1.80. The third kappa shape index (κ3) is 3.36. The normalized spacial score (nSPS) is 12.2. The molecule has 0 saturated carbocycles. The highest BCUT2D eigenvalue weighted by Gasteiger charge is 2.07. The second-order valence-electron chi connectivity index (χ2n) is 4.78. The van der Waals surface area contributed by atoms with Gasteiger partial charge in [-0.2, -0.15) is 0 Å². The van der Waals surface area contributed by atoms with E-state index in [-0.39, 0.29) is 12.6 Å². The number of aliphatic hydroxyl groups excluding tert-OH is 1. The molecule has 0 saturated heterocycles. The van der Waals surface area contributed by atoms with Gasteiger partial charge in [0, 0.05) is 17.3 Å². The third-order valence-corrected chi connectivity index (χ3v) is 3.45. The van der Waals surface area contributed by atoms with Crippen molar-refractivity contribution in [1.82, 2.24) is 0 Å². The minimum atomic E-state index is 0.0602. The number of aryl methyl sites for hydroxylation is 1. The largest absolute Gasteiger partial charge is 0.392 e. The average molecular weight is 255 g/mol. The molecule has 2 rings (SSSR count). The van der Waals surface area contributed by atoms with Crippen molar-refractivity contribution in [3.63, 3.8) is 0 Å². The van der Waals surface area contributed by atoms with Crippen molar-refractivity contribution >= 4 is 5.69 Å². The molecule has 0 heterocycles. The Labute approximate surface area is 115 Å². The van der Waals surface area contributed by atoms with Crippen LogP contribution in [-0.2, 0) is 13.0 Å². The number of benzene rings is 2. The fourth-order valence-electron chi connectivity index (χ4n) is 2.16. The zero-order chi connectivity index (χ0) is 13.7. The standard InChI is InChI=1S/C17H21NO/c1-3-14-8-10-15(11-9-14)13(2)18-17-7-5-4-6-16(17)12-19/h4-11,13,18-19H,3,12H2,1-2H3. The van der Waals surface area contributed by atoms with Gasteiger partial charge in [-0.25, -0.2) is 0 Å². The van der Waals surface area contributed by atoms with Gasteiger partial charge in [0.15, 0.2) is 0 Å². The summed E-state index contributed by atoms with van der Waals surface area (Å²) in [6, 6.07) is 16.8. The molecule has 0 radical (unpaired) electrons. The van der Waals surface area contributed by atoms with E-state index in [9.17, 15) is 5.11 Å². The SMILES string of the molecule is CCc1ccc(C(C)Nc2ccccc2CO)cc1. The number of para-hydroxylation sites is 1. The zero-order valence-electron chi connectivity index (χ0n) is 11.6. The second kappa shape index (κ2) is 6.39. The predicted molar refractivity (Wildman–Crippen MR) is 80.2 cm³/mol. The second-order valence-corrected chi connectivity index (χ2v) is 4.78. The maximum absolute atomic E-state index is 9.33. The number of aliphatic hydroxyl groups is 1. The van der Waals surface area contributed by atoms with E-state index in [1.807, 2.05) is 24.3 Å². The van der Waals surface area contributed by atoms with Crippen molar-refractivity contribution in [3.8, 4) is 0 Å². The summed E-state index contributed by atoms with van der Waals surface area (Å²) >= 11 is 0. The van der Waals surface area contributed by atoms with Crippen molar-refractivity contribution in [2.24, 2.45) is 0 Å². The van der Waals surface area contributed by atoms with Gasteiger partial charge in [0.2, 0.25) is 0 Å². The van der Waals surface area contributed by atoms with Crippen LogP contribution in [-0.4, -0.2) is 5.11 Å². The van der Waals surface area contributed by atoms with E-state index in [1.54, 1.807) is 0 Å². The van der Waals surface area contributed by atoms with Crippen LogP contribution in [0.2, 0.25) is 0 Å². The van der Waals surface area contributed by atoms with E-state index >= 15 is 0 Å². The summed E-state index contributed by atoms with van der Waals surface area (Å²) in [4.78, 5) is 0. The summed E-state index contributed by atoms with van der Waals surface area (Å²) in [6.07, 6.45) is 1.06. The Bertz CT molecular complexity index is 519. The van der Waals surface area contributed by atoms with E-state index in [1.165, 1.54) is 11.1 Å². The van der Waals surface area contributed by atoms with Crippen LogP contribution in [0.15, 0.2) is 48.5 Å². The molecule has 0 aliphatic carbocycles. The van der Waals surface area contributed by atoms with Crippen LogP contribution in [0.3, 0.4) is 0 Å². The van der Waals surface area contributed by atoms with Gasteiger partial charge in [0.25, 0.3) is 0 Å². The van der Waals surface area contributed by atoms with Crippen molar-refractivity contribution in [3.05, 3.63) is 65.2 Å². The average Bonchev–Trinajstić information content (AvgIpc) is 2.48. The topological polar surface area (TPSA) is 32.3 Å². The molecule has 19 heavy (non-hydrogen) atoms. The Morgan fingerprint density at radius 3 is 2.37 bits per heavy atom. The number of rotatable bonds is 5. The molecule has 0 fully saturated rings. The molecule has 1 atom stereocenters. The highest BCUT2D eigenvalue weighted by molar-refractivity contribution is 5.52. The molecular weight excluding hydrogens is 234 g/mol. The third-order valence-electron chi connectivity index (χ3n) is 3.45. The van der Waals surface area contributed by atoms with Gasteiger partial charge >= 0.3 is 0 Å². The first kappa shape index (κ1) is 13.6. The lowest BCUT2D eigenvalue weighted by Gasteiger charge is -2.18. The van der Waals surface area contributed by atoms with E-state index in [0.29, 0.717) is 0 Å². The molecule has 2 aromatic carbocycles. The monoisotopic (exact) mass is 255 g/mol. The molecule has 0 amide bonds. The first-order valence-corrected chi connectivity index (χ1v) is 6.78. The molecule has 0 bridgehead atoms. The van der Waals surface area contributed by atoms with Gasteiger partial charge in [-0.05, 0) is 30.5 Å². The summed E-state index contributed by atoms with van der Waals surface area (Å²) in [6.45, 7) is 4.36. The Morgan fingerprint density at radius 1 is 1.05 bits per heavy atom. The smallest absolute Gasteiger partial charge is 0.0701 e. The zero-order valence-corrected chi connectivity index (χ0v) is 11.6. The van der Waals surface area contributed by atoms with Gasteiger partial charge in [0.05, 0.1) is 6.61 Å². The maximum atomic E-state index is 9.33. The molecule has 2 nitrogen and oxygen atoms in total. The lowest BCUT2D eigenvalue weighted by atomic mass is 10.0. The highest BCUT2D eigenvalue weighted by Crippen LogP contribution is 2.22. The maximum Gasteiger partial charge on any atom is 0.0701 e. The number of nitrogens with one attached hydrogen (secondary N) is 1. The van der Waals surface area contributed by atoms with E-state index in [0.717, 1.165) is 17.7 Å². The van der Waals surface area contributed by atoms with Crippen LogP contribution in [0.4, 0.5) is 5.69 Å². The van der Waals surface area contributed by atoms with Gasteiger partial charge in [-0.3, -0.25) is 0 Å². The lowest BCUT2D eigenvalue weighted by Crippen LogP contribution is -2.08. The summed E-state index contributed by atoms with van der Waals surface area (Å²) in [7, 11) is 0. The Balaban J connectivity index is 2.13. The summed E-state index contributed by atoms with van der Waals surface area (Å²) < 4.78 is 0. The highest BCUT2D eigenvalue weighted by atomic mass is 16.3. The van der Waals surface area contributed by atoms with Gasteiger partial charge in [0.1, 0.15) is 0 Å². The van der Waals surface area contributed by atoms with Gasteiger partial charge < -0.3 is 10.4 Å². The molecule has 2 heteroatoms. The predicted octanol–water partition coefficient (Wildman–Crippen LogP) is 3.91. The first-order chi connectivity index (χ1) is 9.24. The summed E-state index contributed by atoms with van der Waals surface area (Å²) in [5, 5.41) is 12.8. The molecular formula is C17H21NO. The van der Waals surface area contributed by atoms with Crippen LogP contribution >= 0.6 is 0 Å². The molecule has 100 valence electrons. The van der Waals surface area contributed by atoms with Crippen LogP contribution in [0.25, 0.3) is 0 Å². The molecule has 0 aliphatic rings. The minimum Gasteiger partial charge on any atom is -0.392 e. The van der Waals surface area contributed by atoms with E-state index in [2.05, 4.69) is 43.4 Å². The van der Waals surface area contributed by atoms with Crippen molar-refractivity contribution in [2.75, 3.05) is 5.32 Å². The van der Waals surface area contributed by atoms with Gasteiger partial charge in [-0.1, -0.05) is 49.4 Å². The van der Waals surface area contributed by atoms with Crippen molar-refractivity contribution in [1.29, 1.82) is 0 Å². The summed E-state index contributed by atoms with van der Waals surface area (Å²) in [5.74, 6) is 0. The fourth-order valence-corrected chi connectivity index (χ4v) is 2.16.